The number of aryl methyl sites for hydroxylation is 3. The minimum atomic E-state index is -0.0834. The summed E-state index contributed by atoms with van der Waals surface area (Å²) in [6.07, 6.45) is 6.85. The van der Waals surface area contributed by atoms with E-state index in [1.165, 1.54) is 16.9 Å². The van der Waals surface area contributed by atoms with Gasteiger partial charge in [0.05, 0.1) is 24.4 Å². The van der Waals surface area contributed by atoms with E-state index in [-0.39, 0.29) is 23.9 Å². The Balaban J connectivity index is 1.31. The van der Waals surface area contributed by atoms with Crippen LogP contribution in [0.15, 0.2) is 33.8 Å². The normalized spacial score (nSPS) is 17.8. The molecule has 1 aliphatic heterocycles. The lowest BCUT2D eigenvalue weighted by molar-refractivity contribution is -0.122. The van der Waals surface area contributed by atoms with Crippen molar-refractivity contribution in [2.75, 3.05) is 6.61 Å². The Morgan fingerprint density at radius 3 is 3.10 bits per heavy atom. The summed E-state index contributed by atoms with van der Waals surface area (Å²) in [7, 11) is 0. The van der Waals surface area contributed by atoms with Gasteiger partial charge in [-0.2, -0.15) is 0 Å². The van der Waals surface area contributed by atoms with Gasteiger partial charge >= 0.3 is 0 Å². The Morgan fingerprint density at radius 2 is 2.20 bits per heavy atom. The van der Waals surface area contributed by atoms with Gasteiger partial charge in [0.15, 0.2) is 0 Å². The van der Waals surface area contributed by atoms with Crippen LogP contribution in [0.1, 0.15) is 47.7 Å². The number of hydrogen-bond acceptors (Lipinski definition) is 5. The number of amides is 1. The SMILES string of the molecule is O=C(CCn1cnc2sc3c(c2c1=O)CCCC3)NC1CCOc2ccc(Br)cc21. The zero-order chi connectivity index (χ0) is 20.7. The molecule has 8 heteroatoms. The highest BCUT2D eigenvalue weighted by Gasteiger charge is 2.24. The van der Waals surface area contributed by atoms with Crippen molar-refractivity contribution < 1.29 is 9.53 Å². The van der Waals surface area contributed by atoms with Crippen LogP contribution in [0.5, 0.6) is 5.75 Å². The molecule has 0 saturated heterocycles. The predicted octanol–water partition coefficient (Wildman–Crippen LogP) is 4.13. The van der Waals surface area contributed by atoms with Gasteiger partial charge < -0.3 is 10.1 Å². The van der Waals surface area contributed by atoms with Gasteiger partial charge in [-0.15, -0.1) is 11.3 Å². The monoisotopic (exact) mass is 487 g/mol. The zero-order valence-corrected chi connectivity index (χ0v) is 18.9. The van der Waals surface area contributed by atoms with E-state index in [9.17, 15) is 9.59 Å². The van der Waals surface area contributed by atoms with Crippen molar-refractivity contribution in [3.8, 4) is 5.75 Å². The Morgan fingerprint density at radius 1 is 1.33 bits per heavy atom. The van der Waals surface area contributed by atoms with Crippen LogP contribution in [-0.2, 0) is 24.2 Å². The lowest BCUT2D eigenvalue weighted by Gasteiger charge is -2.27. The minimum absolute atomic E-state index is 0.0208. The molecule has 156 valence electrons. The molecule has 0 fully saturated rings. The number of benzene rings is 1. The molecule has 1 unspecified atom stereocenters. The predicted molar refractivity (Wildman–Crippen MR) is 120 cm³/mol. The molecule has 1 aromatic carbocycles. The maximum Gasteiger partial charge on any atom is 0.262 e. The topological polar surface area (TPSA) is 73.2 Å². The molecular weight excluding hydrogens is 466 g/mol. The average molecular weight is 488 g/mol. The molecule has 30 heavy (non-hydrogen) atoms. The number of thiophene rings is 1. The first-order valence-electron chi connectivity index (χ1n) is 10.3. The Labute approximate surface area is 186 Å². The highest BCUT2D eigenvalue weighted by molar-refractivity contribution is 9.10. The van der Waals surface area contributed by atoms with Crippen LogP contribution < -0.4 is 15.6 Å². The highest BCUT2D eigenvalue weighted by Crippen LogP contribution is 2.35. The fourth-order valence-electron chi connectivity index (χ4n) is 4.34. The fourth-order valence-corrected chi connectivity index (χ4v) is 5.94. The quantitative estimate of drug-likeness (QED) is 0.600. The third kappa shape index (κ3) is 3.67. The molecule has 3 heterocycles. The van der Waals surface area contributed by atoms with Gasteiger partial charge in [-0.05, 0) is 49.4 Å². The van der Waals surface area contributed by atoms with Crippen molar-refractivity contribution >= 4 is 43.4 Å². The lowest BCUT2D eigenvalue weighted by atomic mass is 9.97. The maximum atomic E-state index is 13.0. The summed E-state index contributed by atoms with van der Waals surface area (Å²) < 4.78 is 8.23. The van der Waals surface area contributed by atoms with Crippen LogP contribution in [0.2, 0.25) is 0 Å². The number of ether oxygens (including phenoxy) is 1. The Bertz CT molecular complexity index is 1190. The van der Waals surface area contributed by atoms with Crippen molar-refractivity contribution in [1.82, 2.24) is 14.9 Å². The summed E-state index contributed by atoms with van der Waals surface area (Å²) in [5.41, 5.74) is 2.14. The minimum Gasteiger partial charge on any atom is -0.493 e. The first-order chi connectivity index (χ1) is 14.6. The Kier molecular flexibility index (Phi) is 5.37. The van der Waals surface area contributed by atoms with Gasteiger partial charge in [0.1, 0.15) is 10.6 Å². The number of aromatic nitrogens is 2. The molecule has 2 aliphatic rings. The van der Waals surface area contributed by atoms with E-state index < -0.39 is 0 Å². The molecule has 2 aromatic heterocycles. The van der Waals surface area contributed by atoms with Gasteiger partial charge in [-0.25, -0.2) is 4.98 Å². The molecule has 1 atom stereocenters. The van der Waals surface area contributed by atoms with Gasteiger partial charge in [0.2, 0.25) is 5.91 Å². The van der Waals surface area contributed by atoms with Crippen molar-refractivity contribution in [3.63, 3.8) is 0 Å². The van der Waals surface area contributed by atoms with E-state index in [1.807, 2.05) is 18.2 Å². The van der Waals surface area contributed by atoms with E-state index in [2.05, 4.69) is 26.2 Å². The van der Waals surface area contributed by atoms with Gasteiger partial charge in [-0.3, -0.25) is 14.2 Å². The first kappa shape index (κ1) is 19.8. The van der Waals surface area contributed by atoms with Crippen LogP contribution in [0.25, 0.3) is 10.2 Å². The lowest BCUT2D eigenvalue weighted by Crippen LogP contribution is -2.33. The van der Waals surface area contributed by atoms with Crippen LogP contribution in [0.3, 0.4) is 0 Å². The van der Waals surface area contributed by atoms with E-state index in [0.717, 1.165) is 51.7 Å². The molecule has 1 aliphatic carbocycles. The third-order valence-corrected chi connectivity index (χ3v) is 7.56. The second-order valence-corrected chi connectivity index (χ2v) is 9.82. The average Bonchev–Trinajstić information content (AvgIpc) is 3.13. The van der Waals surface area contributed by atoms with Crippen molar-refractivity contribution in [2.45, 2.75) is 51.1 Å². The van der Waals surface area contributed by atoms with Crippen LogP contribution in [-0.4, -0.2) is 22.1 Å². The van der Waals surface area contributed by atoms with Gasteiger partial charge in [-0.1, -0.05) is 15.9 Å². The van der Waals surface area contributed by atoms with Crippen molar-refractivity contribution in [2.24, 2.45) is 0 Å². The van der Waals surface area contributed by atoms with E-state index in [0.29, 0.717) is 13.2 Å². The molecule has 0 spiro atoms. The van der Waals surface area contributed by atoms with E-state index >= 15 is 0 Å². The molecule has 6 nitrogen and oxygen atoms in total. The number of nitrogens with one attached hydrogen (secondary N) is 1. The molecule has 1 N–H and O–H groups in total. The summed E-state index contributed by atoms with van der Waals surface area (Å²) in [6, 6.07) is 5.75. The maximum absolute atomic E-state index is 13.0. The highest BCUT2D eigenvalue weighted by atomic mass is 79.9. The molecule has 3 aromatic rings. The summed E-state index contributed by atoms with van der Waals surface area (Å²) in [5.74, 6) is 0.732. The first-order valence-corrected chi connectivity index (χ1v) is 11.9. The standard InChI is InChI=1S/C22H22BrN3O3S/c23-13-5-6-17-15(11-13)16(8-10-29-17)25-19(27)7-9-26-12-24-21-20(22(26)28)14-3-1-2-4-18(14)30-21/h5-6,11-12,16H,1-4,7-10H2,(H,25,27). The molecule has 1 amide bonds. The molecule has 0 bridgehead atoms. The van der Waals surface area contributed by atoms with E-state index in [1.54, 1.807) is 22.2 Å². The van der Waals surface area contributed by atoms with Gasteiger partial charge in [0.25, 0.3) is 5.56 Å². The number of hydrogen-bond donors (Lipinski definition) is 1. The number of fused-ring (bicyclic) bond motifs is 4. The molecule has 0 saturated carbocycles. The molecule has 5 rings (SSSR count). The third-order valence-electron chi connectivity index (χ3n) is 5.87. The largest absolute Gasteiger partial charge is 0.493 e. The summed E-state index contributed by atoms with van der Waals surface area (Å²) in [4.78, 5) is 32.3. The summed E-state index contributed by atoms with van der Waals surface area (Å²) >= 11 is 5.13. The number of halogens is 1. The smallest absolute Gasteiger partial charge is 0.262 e. The van der Waals surface area contributed by atoms with Crippen LogP contribution in [0, 0.1) is 0 Å². The van der Waals surface area contributed by atoms with Crippen molar-refractivity contribution in [3.05, 3.63) is 55.4 Å². The summed E-state index contributed by atoms with van der Waals surface area (Å²) in [6.45, 7) is 0.898. The second-order valence-electron chi connectivity index (χ2n) is 7.82. The second kappa shape index (κ2) is 8.15. The van der Waals surface area contributed by atoms with Gasteiger partial charge in [0, 0.05) is 34.3 Å². The number of carbonyl (C=O) groups is 1. The van der Waals surface area contributed by atoms with Crippen LogP contribution in [0.4, 0.5) is 0 Å². The van der Waals surface area contributed by atoms with Crippen molar-refractivity contribution in [1.29, 1.82) is 0 Å². The fraction of sp³-hybridized carbons (Fsp3) is 0.409. The molecular formula is C22H22BrN3O3S. The van der Waals surface area contributed by atoms with E-state index in [4.69, 9.17) is 4.74 Å². The number of carbonyl (C=O) groups excluding carboxylic acids is 1. The zero-order valence-electron chi connectivity index (χ0n) is 16.4. The number of rotatable bonds is 4. The molecule has 0 radical (unpaired) electrons. The Hall–Kier alpha value is -2.19. The van der Waals surface area contributed by atoms with Crippen LogP contribution >= 0.6 is 27.3 Å². The number of nitrogens with zero attached hydrogens (tertiary/aromatic N) is 2. The summed E-state index contributed by atoms with van der Waals surface area (Å²) in [5, 5.41) is 3.87.